The summed E-state index contributed by atoms with van der Waals surface area (Å²) >= 11 is 0. The van der Waals surface area contributed by atoms with Gasteiger partial charge in [0.15, 0.2) is 0 Å². The van der Waals surface area contributed by atoms with Gasteiger partial charge in [0.2, 0.25) is 5.91 Å². The number of amides is 1. The molecular formula is C22H28N2O5S. The van der Waals surface area contributed by atoms with Crippen LogP contribution in [0.15, 0.2) is 47.4 Å². The molecule has 0 aromatic heterocycles. The van der Waals surface area contributed by atoms with E-state index < -0.39 is 10.0 Å². The molecule has 1 N–H and O–H groups in total. The van der Waals surface area contributed by atoms with Gasteiger partial charge < -0.3 is 14.8 Å². The van der Waals surface area contributed by atoms with Gasteiger partial charge in [0.1, 0.15) is 17.2 Å². The maximum absolute atomic E-state index is 13.6. The van der Waals surface area contributed by atoms with Gasteiger partial charge in [-0.05, 0) is 56.5 Å². The minimum absolute atomic E-state index is 0.0183. The molecule has 1 amide bonds. The molecule has 2 aromatic carbocycles. The number of carbonyl (C=O) groups is 1. The summed E-state index contributed by atoms with van der Waals surface area (Å²) in [5, 5.41) is 2.80. The van der Waals surface area contributed by atoms with Crippen molar-refractivity contribution < 1.29 is 22.7 Å². The summed E-state index contributed by atoms with van der Waals surface area (Å²) < 4.78 is 39.1. The van der Waals surface area contributed by atoms with E-state index in [4.69, 9.17) is 9.47 Å². The molecule has 0 aliphatic carbocycles. The average molecular weight is 433 g/mol. The van der Waals surface area contributed by atoms with Crippen molar-refractivity contribution in [3.05, 3.63) is 53.6 Å². The van der Waals surface area contributed by atoms with Gasteiger partial charge in [0.05, 0.1) is 18.9 Å². The minimum Gasteiger partial charge on any atom is -0.495 e. The predicted molar refractivity (Wildman–Crippen MR) is 115 cm³/mol. The fourth-order valence-electron chi connectivity index (χ4n) is 3.35. The Balaban J connectivity index is 1.91. The molecule has 30 heavy (non-hydrogen) atoms. The Bertz CT molecular complexity index is 983. The summed E-state index contributed by atoms with van der Waals surface area (Å²) in [5.74, 6) is -0.154. The summed E-state index contributed by atoms with van der Waals surface area (Å²) in [6, 6.07) is 12.0. The Morgan fingerprint density at radius 2 is 1.87 bits per heavy atom. The molecule has 3 rings (SSSR count). The molecule has 1 fully saturated rings. The van der Waals surface area contributed by atoms with Gasteiger partial charge in [0.25, 0.3) is 10.0 Å². The molecule has 0 spiro atoms. The van der Waals surface area contributed by atoms with Crippen LogP contribution in [0, 0.1) is 13.8 Å². The van der Waals surface area contributed by atoms with Crippen LogP contribution >= 0.6 is 0 Å². The van der Waals surface area contributed by atoms with E-state index in [9.17, 15) is 13.2 Å². The second-order valence-electron chi connectivity index (χ2n) is 7.44. The zero-order valence-electron chi connectivity index (χ0n) is 17.6. The molecule has 1 aliphatic heterocycles. The number of nitrogens with one attached hydrogen (secondary N) is 1. The van der Waals surface area contributed by atoms with E-state index in [1.807, 2.05) is 26.0 Å². The first-order valence-electron chi connectivity index (χ1n) is 9.93. The quantitative estimate of drug-likeness (QED) is 0.693. The Kier molecular flexibility index (Phi) is 6.99. The highest BCUT2D eigenvalue weighted by Crippen LogP contribution is 2.31. The monoisotopic (exact) mass is 432 g/mol. The van der Waals surface area contributed by atoms with Crippen molar-refractivity contribution in [1.82, 2.24) is 5.32 Å². The van der Waals surface area contributed by atoms with Crippen molar-refractivity contribution in [2.45, 2.75) is 37.7 Å². The van der Waals surface area contributed by atoms with Crippen LogP contribution in [-0.2, 0) is 19.6 Å². The number of methoxy groups -OCH3 is 1. The second-order valence-corrected chi connectivity index (χ2v) is 9.27. The maximum Gasteiger partial charge on any atom is 0.268 e. The third-order valence-corrected chi connectivity index (χ3v) is 6.84. The molecule has 0 saturated carbocycles. The standard InChI is InChI=1S/C22H28N2O5S/c1-16-6-9-18(10-7-16)24(15-22(25)23-14-19-5-4-12-29-19)30(26,27)21-13-17(2)8-11-20(21)28-3/h6-11,13,19H,4-5,12,14-15H2,1-3H3,(H,23,25)/t19-/m1/s1. The van der Waals surface area contributed by atoms with Gasteiger partial charge in [-0.1, -0.05) is 23.8 Å². The van der Waals surface area contributed by atoms with Crippen molar-refractivity contribution in [2.24, 2.45) is 0 Å². The van der Waals surface area contributed by atoms with Crippen LogP contribution < -0.4 is 14.4 Å². The lowest BCUT2D eigenvalue weighted by Gasteiger charge is -2.25. The number of hydrogen-bond donors (Lipinski definition) is 1. The van der Waals surface area contributed by atoms with Crippen molar-refractivity contribution in [3.63, 3.8) is 0 Å². The lowest BCUT2D eigenvalue weighted by molar-refractivity contribution is -0.120. The van der Waals surface area contributed by atoms with E-state index in [2.05, 4.69) is 5.32 Å². The third kappa shape index (κ3) is 5.12. The van der Waals surface area contributed by atoms with Gasteiger partial charge in [-0.3, -0.25) is 9.10 Å². The van der Waals surface area contributed by atoms with E-state index in [1.54, 1.807) is 30.3 Å². The van der Waals surface area contributed by atoms with Crippen molar-refractivity contribution in [1.29, 1.82) is 0 Å². The first kappa shape index (κ1) is 22.1. The summed E-state index contributed by atoms with van der Waals surface area (Å²) in [7, 11) is -2.62. The minimum atomic E-state index is -4.05. The number of anilines is 1. The number of sulfonamides is 1. The summed E-state index contributed by atoms with van der Waals surface area (Å²) in [6.45, 7) is 4.45. The molecule has 0 bridgehead atoms. The number of rotatable bonds is 8. The highest BCUT2D eigenvalue weighted by molar-refractivity contribution is 7.93. The number of nitrogens with zero attached hydrogens (tertiary/aromatic N) is 1. The predicted octanol–water partition coefficient (Wildman–Crippen LogP) is 2.80. The van der Waals surface area contributed by atoms with Crippen LogP contribution in [0.3, 0.4) is 0 Å². The van der Waals surface area contributed by atoms with E-state index in [1.165, 1.54) is 7.11 Å². The highest BCUT2D eigenvalue weighted by Gasteiger charge is 2.30. The molecular weight excluding hydrogens is 404 g/mol. The van der Waals surface area contributed by atoms with Gasteiger partial charge in [-0.2, -0.15) is 0 Å². The van der Waals surface area contributed by atoms with E-state index in [-0.39, 0.29) is 29.2 Å². The fraction of sp³-hybridized carbons (Fsp3) is 0.409. The van der Waals surface area contributed by atoms with Crippen LogP contribution in [0.25, 0.3) is 0 Å². The van der Waals surface area contributed by atoms with Crippen LogP contribution in [0.5, 0.6) is 5.75 Å². The lowest BCUT2D eigenvalue weighted by atomic mass is 10.2. The molecule has 1 heterocycles. The van der Waals surface area contributed by atoms with Gasteiger partial charge in [0, 0.05) is 13.2 Å². The van der Waals surface area contributed by atoms with Gasteiger partial charge in [-0.25, -0.2) is 8.42 Å². The van der Waals surface area contributed by atoms with Crippen LogP contribution in [0.4, 0.5) is 5.69 Å². The smallest absolute Gasteiger partial charge is 0.268 e. The molecule has 7 nitrogen and oxygen atoms in total. The number of aryl methyl sites for hydroxylation is 2. The Hall–Kier alpha value is -2.58. The van der Waals surface area contributed by atoms with Crippen LogP contribution in [0.2, 0.25) is 0 Å². The summed E-state index contributed by atoms with van der Waals surface area (Å²) in [4.78, 5) is 12.7. The van der Waals surface area contributed by atoms with E-state index in [0.717, 1.165) is 28.3 Å². The summed E-state index contributed by atoms with van der Waals surface area (Å²) in [6.07, 6.45) is 1.84. The first-order valence-corrected chi connectivity index (χ1v) is 11.4. The van der Waals surface area contributed by atoms with Crippen LogP contribution in [0.1, 0.15) is 24.0 Å². The Labute approximate surface area is 178 Å². The fourth-order valence-corrected chi connectivity index (χ4v) is 5.01. The molecule has 1 atom stereocenters. The SMILES string of the molecule is COc1ccc(C)cc1S(=O)(=O)N(CC(=O)NC[C@H]1CCCO1)c1ccc(C)cc1. The van der Waals surface area contributed by atoms with Crippen LogP contribution in [-0.4, -0.2) is 47.2 Å². The second kappa shape index (κ2) is 9.49. The first-order chi connectivity index (χ1) is 14.3. The molecule has 0 unspecified atom stereocenters. The molecule has 0 radical (unpaired) electrons. The Morgan fingerprint density at radius 1 is 1.17 bits per heavy atom. The van der Waals surface area contributed by atoms with Gasteiger partial charge >= 0.3 is 0 Å². The maximum atomic E-state index is 13.6. The zero-order valence-corrected chi connectivity index (χ0v) is 18.4. The van der Waals surface area contributed by atoms with Crippen molar-refractivity contribution in [2.75, 3.05) is 31.1 Å². The summed E-state index contributed by atoms with van der Waals surface area (Å²) in [5.41, 5.74) is 2.18. The number of ether oxygens (including phenoxy) is 2. The molecule has 2 aromatic rings. The highest BCUT2D eigenvalue weighted by atomic mass is 32.2. The molecule has 1 saturated heterocycles. The Morgan fingerprint density at radius 3 is 2.50 bits per heavy atom. The van der Waals surface area contributed by atoms with E-state index in [0.29, 0.717) is 18.8 Å². The molecule has 162 valence electrons. The third-order valence-electron chi connectivity index (χ3n) is 5.05. The largest absolute Gasteiger partial charge is 0.495 e. The molecule has 8 heteroatoms. The van der Waals surface area contributed by atoms with Crippen molar-refractivity contribution in [3.8, 4) is 5.75 Å². The lowest BCUT2D eigenvalue weighted by Crippen LogP contribution is -2.43. The topological polar surface area (TPSA) is 84.9 Å². The van der Waals surface area contributed by atoms with E-state index >= 15 is 0 Å². The number of hydrogen-bond acceptors (Lipinski definition) is 5. The average Bonchev–Trinajstić information content (AvgIpc) is 3.25. The van der Waals surface area contributed by atoms with Crippen molar-refractivity contribution >= 4 is 21.6 Å². The normalized spacial score (nSPS) is 16.3. The number of carbonyl (C=O) groups excluding carboxylic acids is 1. The molecule has 1 aliphatic rings. The van der Waals surface area contributed by atoms with Gasteiger partial charge in [-0.15, -0.1) is 0 Å². The number of benzene rings is 2. The zero-order chi connectivity index (χ0) is 21.7.